The molecule has 1 unspecified atom stereocenters. The SMILES string of the molecule is CC1=C(N(c2ccc(C)cc2)c2ccc(N(c3ccc(-c4ccc5c6cccc7c(-c8ccc(N(c9ccc(N(c%10ccc(C)cc%10)c%10c(C)cc(C(C)(C)C)cc%10C)cc9)c9c(C)cc(C(C)(C)C)cc9C)cc8)ccc(c8cccc4c85)c76)cc3)c3c(C)cc(C(C)(C)C)cc3C)cc2)C(C)CC(C(C)(C)C)=C1. The minimum Gasteiger partial charge on any atom is -0.314 e. The molecular formula is C106H110N4. The topological polar surface area (TPSA) is 13.0 Å². The quantitative estimate of drug-likeness (QED) is 0.0795. The van der Waals surface area contributed by atoms with Gasteiger partial charge in [0.25, 0.3) is 0 Å². The van der Waals surface area contributed by atoms with Crippen LogP contribution in [0.3, 0.4) is 0 Å². The minimum absolute atomic E-state index is 0.000919. The van der Waals surface area contributed by atoms with E-state index in [1.807, 2.05) is 0 Å². The van der Waals surface area contributed by atoms with Crippen LogP contribution in [0.1, 0.15) is 165 Å². The van der Waals surface area contributed by atoms with Crippen molar-refractivity contribution in [1.82, 2.24) is 0 Å². The summed E-state index contributed by atoms with van der Waals surface area (Å²) in [7, 11) is 0. The van der Waals surface area contributed by atoms with Crippen molar-refractivity contribution in [2.24, 2.45) is 11.3 Å². The van der Waals surface area contributed by atoms with Gasteiger partial charge < -0.3 is 19.6 Å². The van der Waals surface area contributed by atoms with Gasteiger partial charge >= 0.3 is 0 Å². The second kappa shape index (κ2) is 28.2. The molecule has 4 heteroatoms. The van der Waals surface area contributed by atoms with E-state index in [0.29, 0.717) is 5.92 Å². The predicted octanol–water partition coefficient (Wildman–Crippen LogP) is 31.3. The zero-order chi connectivity index (χ0) is 77.9. The third-order valence-corrected chi connectivity index (χ3v) is 23.6. The molecule has 0 aromatic heterocycles. The van der Waals surface area contributed by atoms with E-state index in [0.717, 1.165) is 46.2 Å². The number of fused-ring (bicyclic) bond motifs is 2. The fourth-order valence-corrected chi connectivity index (χ4v) is 17.7. The molecule has 0 N–H and O–H groups in total. The number of aryl methyl sites for hydroxylation is 8. The molecule has 1 aliphatic rings. The minimum atomic E-state index is 0.000919. The van der Waals surface area contributed by atoms with Crippen molar-refractivity contribution in [2.45, 2.75) is 175 Å². The smallest absolute Gasteiger partial charge is 0.0520 e. The summed E-state index contributed by atoms with van der Waals surface area (Å²) in [5.74, 6) is 0.337. The van der Waals surface area contributed by atoms with Crippen LogP contribution >= 0.6 is 0 Å². The van der Waals surface area contributed by atoms with E-state index in [2.05, 4.69) is 421 Å². The summed E-state index contributed by atoms with van der Waals surface area (Å²) in [6.45, 7) is 50.6. The first-order chi connectivity index (χ1) is 52.2. The molecule has 0 heterocycles. The Bertz CT molecular complexity index is 5830. The van der Waals surface area contributed by atoms with Crippen LogP contribution in [0.2, 0.25) is 0 Å². The first-order valence-corrected chi connectivity index (χ1v) is 39.8. The largest absolute Gasteiger partial charge is 0.314 e. The van der Waals surface area contributed by atoms with Crippen LogP contribution in [0.4, 0.5) is 62.6 Å². The molecule has 0 spiro atoms. The van der Waals surface area contributed by atoms with Crippen LogP contribution in [0.15, 0.2) is 266 Å². The van der Waals surface area contributed by atoms with Gasteiger partial charge in [0.1, 0.15) is 0 Å². The highest BCUT2D eigenvalue weighted by molar-refractivity contribution is 6.35. The summed E-state index contributed by atoms with van der Waals surface area (Å²) < 4.78 is 0. The molecule has 0 fully saturated rings. The van der Waals surface area contributed by atoms with Gasteiger partial charge in [0.05, 0.1) is 17.1 Å². The summed E-state index contributed by atoms with van der Waals surface area (Å²) >= 11 is 0. The van der Waals surface area contributed by atoms with Crippen molar-refractivity contribution in [3.8, 4) is 22.3 Å². The van der Waals surface area contributed by atoms with Crippen LogP contribution in [-0.2, 0) is 16.2 Å². The third-order valence-electron chi connectivity index (χ3n) is 23.6. The van der Waals surface area contributed by atoms with E-state index < -0.39 is 0 Å². The second-order valence-corrected chi connectivity index (χ2v) is 36.1. The van der Waals surface area contributed by atoms with Crippen molar-refractivity contribution >= 4 is 106 Å². The summed E-state index contributed by atoms with van der Waals surface area (Å²) in [6.07, 6.45) is 3.49. The second-order valence-electron chi connectivity index (χ2n) is 36.1. The third kappa shape index (κ3) is 13.8. The maximum Gasteiger partial charge on any atom is 0.0520 e. The average Bonchev–Trinajstić information content (AvgIpc) is 0.706. The van der Waals surface area contributed by atoms with Gasteiger partial charge in [0.2, 0.25) is 0 Å². The van der Waals surface area contributed by atoms with Crippen molar-refractivity contribution in [3.63, 3.8) is 0 Å². The highest BCUT2D eigenvalue weighted by Gasteiger charge is 2.32. The lowest BCUT2D eigenvalue weighted by Crippen LogP contribution is -2.27. The van der Waals surface area contributed by atoms with Crippen molar-refractivity contribution < 1.29 is 0 Å². The van der Waals surface area contributed by atoms with Gasteiger partial charge in [0, 0.05) is 57.1 Å². The van der Waals surface area contributed by atoms with E-state index in [9.17, 15) is 0 Å². The van der Waals surface area contributed by atoms with Gasteiger partial charge in [-0.2, -0.15) is 0 Å². The Morgan fingerprint density at radius 2 is 0.527 bits per heavy atom. The van der Waals surface area contributed by atoms with Gasteiger partial charge in [-0.05, 0) is 308 Å². The molecule has 0 bridgehead atoms. The molecule has 0 amide bonds. The molecule has 1 atom stereocenters. The van der Waals surface area contributed by atoms with Crippen LogP contribution < -0.4 is 19.6 Å². The highest BCUT2D eigenvalue weighted by Crippen LogP contribution is 2.51. The van der Waals surface area contributed by atoms with Gasteiger partial charge in [-0.15, -0.1) is 0 Å². The molecular weight excluding hydrogens is 1330 g/mol. The normalized spacial score (nSPS) is 13.8. The Hall–Kier alpha value is -10.9. The molecule has 0 saturated carbocycles. The zero-order valence-corrected chi connectivity index (χ0v) is 69.2. The summed E-state index contributed by atoms with van der Waals surface area (Å²) in [5.41, 5.74) is 35.8. The van der Waals surface area contributed by atoms with Gasteiger partial charge in [-0.25, -0.2) is 0 Å². The summed E-state index contributed by atoms with van der Waals surface area (Å²) in [6, 6.07) is 93.1. The lowest BCUT2D eigenvalue weighted by Gasteiger charge is -2.38. The van der Waals surface area contributed by atoms with Crippen molar-refractivity contribution in [2.75, 3.05) is 19.6 Å². The maximum absolute atomic E-state index is 2.52. The monoisotopic (exact) mass is 1440 g/mol. The standard InChI is InChI=1S/C106H110N4/c1-65-29-37-81(38-30-65)107(99-67(3)57-77(58-68(99)4)103(11,12)13)85-45-49-87(50-46-85)109(101-71(7)61-79(62-72(101)8)105(17,18)19)83-41-33-75(34-42-83)89-53-55-95-94-28-24-26-92-90(54-56-96(98(92)94)93-27-23-25-91(89)97(93)95)76-35-43-84(44-36-76)110(102-73(9)63-80(64-74(102)10)106(20,21)22)88-51-47-86(48-52-88)108(82-39-31-66(2)32-40-82)100-69(5)59-78(60-70(100)6)104(14,15)16/h23-59,61-64,70H,60H2,1-22H3. The molecule has 554 valence electrons. The molecule has 1 aliphatic carbocycles. The Labute approximate surface area is 656 Å². The fourth-order valence-electron chi connectivity index (χ4n) is 17.7. The Balaban J connectivity index is 0.788. The number of benzene rings is 14. The number of anilines is 11. The summed E-state index contributed by atoms with van der Waals surface area (Å²) in [5, 5.41) is 10.2. The number of rotatable bonds is 14. The number of hydrogen-bond donors (Lipinski definition) is 0. The fraction of sp³-hybridized carbons (Fsp3) is 0.264. The van der Waals surface area contributed by atoms with Crippen molar-refractivity contribution in [3.05, 3.63) is 327 Å². The van der Waals surface area contributed by atoms with Crippen LogP contribution in [0, 0.1) is 66.7 Å². The average molecular weight is 1440 g/mol. The van der Waals surface area contributed by atoms with Crippen LogP contribution in [0.25, 0.3) is 65.3 Å². The molecule has 110 heavy (non-hydrogen) atoms. The highest BCUT2D eigenvalue weighted by atomic mass is 15.2. The lowest BCUT2D eigenvalue weighted by atomic mass is 9.76. The van der Waals surface area contributed by atoms with E-state index in [1.54, 1.807) is 0 Å². The van der Waals surface area contributed by atoms with E-state index in [4.69, 9.17) is 0 Å². The first kappa shape index (κ1) is 74.5. The number of allylic oxidation sites excluding steroid dienone is 4. The van der Waals surface area contributed by atoms with E-state index >= 15 is 0 Å². The molecule has 0 aliphatic heterocycles. The molecule has 15 rings (SSSR count). The molecule has 0 saturated heterocycles. The van der Waals surface area contributed by atoms with Gasteiger partial charge in [-0.1, -0.05) is 258 Å². The van der Waals surface area contributed by atoms with E-state index in [1.165, 1.54) is 166 Å². The molecule has 14 aromatic carbocycles. The van der Waals surface area contributed by atoms with Gasteiger partial charge in [0.15, 0.2) is 0 Å². The van der Waals surface area contributed by atoms with Crippen molar-refractivity contribution in [1.29, 1.82) is 0 Å². The lowest BCUT2D eigenvalue weighted by molar-refractivity contribution is 0.451. The maximum atomic E-state index is 2.52. The first-order valence-electron chi connectivity index (χ1n) is 39.8. The molecule has 0 radical (unpaired) electrons. The zero-order valence-electron chi connectivity index (χ0n) is 69.2. The Kier molecular flexibility index (Phi) is 19.1. The number of hydrogen-bond acceptors (Lipinski definition) is 4. The van der Waals surface area contributed by atoms with Gasteiger partial charge in [-0.3, -0.25) is 0 Å². The molecule has 14 aromatic rings. The Morgan fingerprint density at radius 1 is 0.273 bits per heavy atom. The Morgan fingerprint density at radius 3 is 0.800 bits per heavy atom. The number of nitrogens with zero attached hydrogens (tertiary/aromatic N) is 4. The van der Waals surface area contributed by atoms with Crippen LogP contribution in [-0.4, -0.2) is 0 Å². The summed E-state index contributed by atoms with van der Waals surface area (Å²) in [4.78, 5) is 9.93. The van der Waals surface area contributed by atoms with E-state index in [-0.39, 0.29) is 21.7 Å². The molecule has 4 nitrogen and oxygen atoms in total. The van der Waals surface area contributed by atoms with Crippen LogP contribution in [0.5, 0.6) is 0 Å². The predicted molar refractivity (Wildman–Crippen MR) is 479 cm³/mol.